The van der Waals surface area contributed by atoms with E-state index in [0.29, 0.717) is 37.0 Å². The molecule has 1 aromatic carbocycles. The zero-order valence-corrected chi connectivity index (χ0v) is 18.1. The molecule has 1 aliphatic heterocycles. The van der Waals surface area contributed by atoms with Crippen LogP contribution in [-0.2, 0) is 14.8 Å². The summed E-state index contributed by atoms with van der Waals surface area (Å²) < 4.78 is 27.2. The van der Waals surface area contributed by atoms with E-state index < -0.39 is 10.0 Å². The molecule has 3 rings (SSSR count). The van der Waals surface area contributed by atoms with Crippen LogP contribution in [0.2, 0.25) is 0 Å². The first-order chi connectivity index (χ1) is 13.3. The van der Waals surface area contributed by atoms with Crippen molar-refractivity contribution in [2.24, 2.45) is 5.92 Å². The van der Waals surface area contributed by atoms with Gasteiger partial charge in [-0.1, -0.05) is 37.5 Å². The third kappa shape index (κ3) is 4.75. The van der Waals surface area contributed by atoms with Crippen LogP contribution in [0.25, 0.3) is 0 Å². The number of carbonyl (C=O) groups is 1. The monoisotopic (exact) mass is 408 g/mol. The van der Waals surface area contributed by atoms with Gasteiger partial charge in [-0.2, -0.15) is 4.31 Å². The number of nitrogens with zero attached hydrogens (tertiary/aromatic N) is 1. The molecule has 28 heavy (non-hydrogen) atoms. The second-order valence-corrected chi connectivity index (χ2v) is 10.4. The van der Waals surface area contributed by atoms with Gasteiger partial charge in [0.15, 0.2) is 6.04 Å². The Bertz CT molecular complexity index is 771. The topological polar surface area (TPSA) is 70.9 Å². The van der Waals surface area contributed by atoms with Crippen LogP contribution in [0.4, 0.5) is 0 Å². The molecule has 0 aromatic heterocycles. The van der Waals surface area contributed by atoms with E-state index in [2.05, 4.69) is 12.2 Å². The predicted octanol–water partition coefficient (Wildman–Crippen LogP) is 0.968. The Morgan fingerprint density at radius 2 is 1.75 bits per heavy atom. The summed E-state index contributed by atoms with van der Waals surface area (Å²) in [6, 6.07) is 7.13. The van der Waals surface area contributed by atoms with Gasteiger partial charge in [0.25, 0.3) is 5.91 Å². The Morgan fingerprint density at radius 3 is 2.36 bits per heavy atom. The van der Waals surface area contributed by atoms with Crippen molar-refractivity contribution in [1.29, 1.82) is 0 Å². The van der Waals surface area contributed by atoms with Gasteiger partial charge in [0, 0.05) is 6.04 Å². The van der Waals surface area contributed by atoms with E-state index >= 15 is 0 Å². The molecule has 1 heterocycles. The maximum atomic E-state index is 12.8. The van der Waals surface area contributed by atoms with Gasteiger partial charge >= 0.3 is 0 Å². The first-order valence-corrected chi connectivity index (χ1v) is 11.9. The lowest BCUT2D eigenvalue weighted by molar-refractivity contribution is -0.917. The number of nitrogens with one attached hydrogen (secondary N) is 2. The Morgan fingerprint density at radius 1 is 1.14 bits per heavy atom. The first kappa shape index (κ1) is 21.3. The van der Waals surface area contributed by atoms with Gasteiger partial charge in [-0.15, -0.1) is 0 Å². The summed E-state index contributed by atoms with van der Waals surface area (Å²) in [5.74, 6) is 0.639. The van der Waals surface area contributed by atoms with Gasteiger partial charge in [0.1, 0.15) is 0 Å². The molecule has 6 nitrogen and oxygen atoms in total. The lowest BCUT2D eigenvalue weighted by Gasteiger charge is -2.35. The molecule has 2 aliphatic rings. The summed E-state index contributed by atoms with van der Waals surface area (Å²) >= 11 is 0. The number of carbonyl (C=O) groups excluding carboxylic acids is 1. The van der Waals surface area contributed by atoms with E-state index in [-0.39, 0.29) is 18.0 Å². The van der Waals surface area contributed by atoms with Crippen LogP contribution in [0.3, 0.4) is 0 Å². The molecule has 0 bridgehead atoms. The molecule has 2 fully saturated rings. The van der Waals surface area contributed by atoms with Crippen LogP contribution in [0, 0.1) is 12.8 Å². The van der Waals surface area contributed by atoms with Crippen molar-refractivity contribution in [3.05, 3.63) is 29.8 Å². The van der Waals surface area contributed by atoms with E-state index in [4.69, 9.17) is 0 Å². The fraction of sp³-hybridized carbons (Fsp3) is 0.667. The first-order valence-electron chi connectivity index (χ1n) is 10.5. The molecule has 7 heteroatoms. The molecular formula is C21H34N3O3S+. The van der Waals surface area contributed by atoms with Crippen molar-refractivity contribution in [2.45, 2.75) is 63.4 Å². The highest BCUT2D eigenvalue weighted by Crippen LogP contribution is 2.23. The van der Waals surface area contributed by atoms with Crippen LogP contribution >= 0.6 is 0 Å². The highest BCUT2D eigenvalue weighted by Gasteiger charge is 2.35. The van der Waals surface area contributed by atoms with Gasteiger partial charge in [0.05, 0.1) is 31.1 Å². The number of hydrogen-bond donors (Lipinski definition) is 2. The Hall–Kier alpha value is -1.44. The second kappa shape index (κ2) is 8.93. The standard InChI is InChI=1S/C21H33N3O3S/c1-16-8-10-19(11-9-16)28(26,27)24-14-12-23(13-15-24)18(3)21(25)22-20-7-5-4-6-17(20)2/h8-11,17-18,20H,4-7,12-15H2,1-3H3,(H,22,25)/p+1/t17-,18-,20-/m0/s1. The maximum absolute atomic E-state index is 12.8. The van der Waals surface area contributed by atoms with Crippen molar-refractivity contribution in [2.75, 3.05) is 26.2 Å². The third-order valence-corrected chi connectivity index (χ3v) is 8.38. The Balaban J connectivity index is 1.55. The molecule has 156 valence electrons. The molecule has 0 unspecified atom stereocenters. The van der Waals surface area contributed by atoms with Crippen LogP contribution in [-0.4, -0.2) is 56.9 Å². The normalized spacial score (nSPS) is 26.0. The van der Waals surface area contributed by atoms with E-state index in [9.17, 15) is 13.2 Å². The maximum Gasteiger partial charge on any atom is 0.278 e. The number of rotatable bonds is 5. The molecule has 1 aliphatic carbocycles. The van der Waals surface area contributed by atoms with E-state index in [1.54, 1.807) is 16.4 Å². The largest absolute Gasteiger partial charge is 0.348 e. The van der Waals surface area contributed by atoms with Crippen LogP contribution < -0.4 is 10.2 Å². The van der Waals surface area contributed by atoms with Gasteiger partial charge < -0.3 is 10.2 Å². The number of sulfonamides is 1. The Labute approximate surface area is 169 Å². The van der Waals surface area contributed by atoms with Crippen LogP contribution in [0.15, 0.2) is 29.2 Å². The molecule has 0 radical (unpaired) electrons. The number of aryl methyl sites for hydroxylation is 1. The van der Waals surface area contributed by atoms with Crippen LogP contribution in [0.5, 0.6) is 0 Å². The lowest BCUT2D eigenvalue weighted by atomic mass is 9.86. The zero-order valence-electron chi connectivity index (χ0n) is 17.3. The smallest absolute Gasteiger partial charge is 0.278 e. The average molecular weight is 409 g/mol. The number of benzene rings is 1. The number of quaternary nitrogens is 1. The third-order valence-electron chi connectivity index (χ3n) is 6.47. The van der Waals surface area contributed by atoms with Crippen molar-refractivity contribution in [3.63, 3.8) is 0 Å². The molecule has 1 aromatic rings. The fourth-order valence-electron chi connectivity index (χ4n) is 4.33. The molecule has 3 atom stereocenters. The summed E-state index contributed by atoms with van der Waals surface area (Å²) in [5.41, 5.74) is 1.04. The average Bonchev–Trinajstić information content (AvgIpc) is 2.69. The van der Waals surface area contributed by atoms with E-state index in [1.807, 2.05) is 26.0 Å². The predicted molar refractivity (Wildman–Crippen MR) is 110 cm³/mol. The molecule has 0 spiro atoms. The fourth-order valence-corrected chi connectivity index (χ4v) is 5.77. The summed E-state index contributed by atoms with van der Waals surface area (Å²) in [7, 11) is -3.46. The van der Waals surface area contributed by atoms with Gasteiger partial charge in [-0.3, -0.25) is 4.79 Å². The number of hydrogen-bond acceptors (Lipinski definition) is 3. The van der Waals surface area contributed by atoms with Gasteiger partial charge in [-0.05, 0) is 44.7 Å². The van der Waals surface area contributed by atoms with Gasteiger partial charge in [-0.25, -0.2) is 8.42 Å². The van der Waals surface area contributed by atoms with Crippen molar-refractivity contribution in [3.8, 4) is 0 Å². The minimum absolute atomic E-state index is 0.101. The minimum atomic E-state index is -3.46. The molecular weight excluding hydrogens is 374 g/mol. The zero-order chi connectivity index (χ0) is 20.3. The van der Waals surface area contributed by atoms with Crippen molar-refractivity contribution >= 4 is 15.9 Å². The van der Waals surface area contributed by atoms with E-state index in [0.717, 1.165) is 16.9 Å². The highest BCUT2D eigenvalue weighted by molar-refractivity contribution is 7.89. The Kier molecular flexibility index (Phi) is 6.78. The summed E-state index contributed by atoms with van der Waals surface area (Å²) in [6.45, 7) is 8.32. The lowest BCUT2D eigenvalue weighted by Crippen LogP contribution is -3.19. The second-order valence-electron chi connectivity index (χ2n) is 8.47. The van der Waals surface area contributed by atoms with E-state index in [1.165, 1.54) is 19.3 Å². The van der Waals surface area contributed by atoms with Crippen molar-refractivity contribution in [1.82, 2.24) is 9.62 Å². The molecule has 1 saturated carbocycles. The number of piperazine rings is 1. The summed E-state index contributed by atoms with van der Waals surface area (Å²) in [6.07, 6.45) is 4.69. The summed E-state index contributed by atoms with van der Waals surface area (Å²) in [5, 5.41) is 3.25. The van der Waals surface area contributed by atoms with Crippen LogP contribution in [0.1, 0.15) is 45.1 Å². The summed E-state index contributed by atoms with van der Waals surface area (Å²) in [4.78, 5) is 14.2. The highest BCUT2D eigenvalue weighted by atomic mass is 32.2. The quantitative estimate of drug-likeness (QED) is 0.763. The SMILES string of the molecule is Cc1ccc(S(=O)(=O)N2CC[NH+]([C@@H](C)C(=O)N[C@H]3CCCC[C@@H]3C)CC2)cc1. The van der Waals surface area contributed by atoms with Gasteiger partial charge in [0.2, 0.25) is 10.0 Å². The molecule has 1 amide bonds. The molecule has 2 N–H and O–H groups in total. The number of amides is 1. The minimum Gasteiger partial charge on any atom is -0.348 e. The van der Waals surface area contributed by atoms with Crippen molar-refractivity contribution < 1.29 is 18.1 Å². The molecule has 1 saturated heterocycles.